The smallest absolute Gasteiger partial charge is 0.277 e. The highest BCUT2D eigenvalue weighted by Gasteiger charge is 2.22. The van der Waals surface area contributed by atoms with E-state index in [9.17, 15) is 4.79 Å². The van der Waals surface area contributed by atoms with Crippen LogP contribution >= 0.6 is 0 Å². The fourth-order valence-corrected chi connectivity index (χ4v) is 2.45. The van der Waals surface area contributed by atoms with E-state index in [4.69, 9.17) is 9.47 Å². The molecule has 2 heterocycles. The van der Waals surface area contributed by atoms with Crippen LogP contribution in [0.2, 0.25) is 0 Å². The topological polar surface area (TPSA) is 69.7 Å². The van der Waals surface area contributed by atoms with Crippen LogP contribution in [0.1, 0.15) is 0 Å². The second kappa shape index (κ2) is 4.97. The normalized spacial score (nSPS) is 17.7. The van der Waals surface area contributed by atoms with Crippen LogP contribution in [-0.4, -0.2) is 50.3 Å². The zero-order chi connectivity index (χ0) is 13.2. The van der Waals surface area contributed by atoms with Crippen molar-refractivity contribution in [3.8, 4) is 11.5 Å². The van der Waals surface area contributed by atoms with Gasteiger partial charge < -0.3 is 25.0 Å². The molecule has 0 atom stereocenters. The van der Waals surface area contributed by atoms with E-state index >= 15 is 0 Å². The molecule has 3 N–H and O–H groups in total. The first-order valence-corrected chi connectivity index (χ1v) is 6.49. The van der Waals surface area contributed by atoms with E-state index in [-0.39, 0.29) is 5.91 Å². The molecule has 102 valence electrons. The van der Waals surface area contributed by atoms with Crippen LogP contribution in [0.25, 0.3) is 0 Å². The Morgan fingerprint density at radius 3 is 2.63 bits per heavy atom. The lowest BCUT2D eigenvalue weighted by Crippen LogP contribution is -2.60. The molecule has 1 amide bonds. The van der Waals surface area contributed by atoms with E-state index in [1.54, 1.807) is 0 Å². The van der Waals surface area contributed by atoms with Crippen molar-refractivity contribution in [2.45, 2.75) is 0 Å². The molecule has 0 aliphatic carbocycles. The summed E-state index contributed by atoms with van der Waals surface area (Å²) in [5.41, 5.74) is 4.76. The highest BCUT2D eigenvalue weighted by atomic mass is 16.7. The molecule has 19 heavy (non-hydrogen) atoms. The third-order valence-corrected chi connectivity index (χ3v) is 3.57. The van der Waals surface area contributed by atoms with Gasteiger partial charge in [0.2, 0.25) is 6.79 Å². The van der Waals surface area contributed by atoms with Crippen LogP contribution in [0.4, 0.5) is 5.69 Å². The number of nitrogens with zero attached hydrogens (tertiary/aromatic N) is 2. The molecule has 6 heteroatoms. The fraction of sp³-hybridized carbons (Fsp3) is 0.462. The molecule has 0 bridgehead atoms. The second-order valence-corrected chi connectivity index (χ2v) is 4.66. The largest absolute Gasteiger partial charge is 0.454 e. The molecule has 2 aliphatic rings. The Morgan fingerprint density at radius 1 is 1.16 bits per heavy atom. The highest BCUT2D eigenvalue weighted by molar-refractivity contribution is 5.77. The molecule has 0 aromatic heterocycles. The van der Waals surface area contributed by atoms with E-state index in [1.807, 2.05) is 23.1 Å². The van der Waals surface area contributed by atoms with Gasteiger partial charge >= 0.3 is 0 Å². The Labute approximate surface area is 111 Å². The number of quaternary nitrogens is 1. The number of hydrogen-bond acceptors (Lipinski definition) is 4. The van der Waals surface area contributed by atoms with Crippen molar-refractivity contribution < 1.29 is 20.0 Å². The monoisotopic (exact) mass is 264 g/mol. The number of hydrogen-bond donors (Lipinski definition) is 1. The Kier molecular flexibility index (Phi) is 3.16. The van der Waals surface area contributed by atoms with E-state index < -0.39 is 0 Å². The van der Waals surface area contributed by atoms with E-state index in [1.165, 1.54) is 0 Å². The standard InChI is InChI=1S/C13H17N3O3/c14-8-13(17)16-5-3-15(4-6-16)10-1-2-11-12(7-10)19-9-18-11/h1-2,7H,3-6,8-9,14H2/p+1. The van der Waals surface area contributed by atoms with Crippen molar-refractivity contribution in [1.82, 2.24) is 4.90 Å². The Hall–Kier alpha value is -1.95. The van der Waals surface area contributed by atoms with Crippen LogP contribution < -0.4 is 20.1 Å². The van der Waals surface area contributed by atoms with Crippen molar-refractivity contribution in [3.63, 3.8) is 0 Å². The van der Waals surface area contributed by atoms with Gasteiger partial charge in [0.15, 0.2) is 18.0 Å². The molecular formula is C13H18N3O3+. The van der Waals surface area contributed by atoms with Gasteiger partial charge in [-0.3, -0.25) is 4.79 Å². The summed E-state index contributed by atoms with van der Waals surface area (Å²) in [5.74, 6) is 1.73. The quantitative estimate of drug-likeness (QED) is 0.767. The van der Waals surface area contributed by atoms with E-state index in [0.717, 1.165) is 43.4 Å². The summed E-state index contributed by atoms with van der Waals surface area (Å²) in [5, 5.41) is 0. The van der Waals surface area contributed by atoms with Gasteiger partial charge in [0.05, 0.1) is 0 Å². The number of fused-ring (bicyclic) bond motifs is 1. The molecule has 0 unspecified atom stereocenters. The molecule has 0 saturated carbocycles. The van der Waals surface area contributed by atoms with Crippen LogP contribution in [0.3, 0.4) is 0 Å². The first-order valence-electron chi connectivity index (χ1n) is 6.49. The summed E-state index contributed by atoms with van der Waals surface area (Å²) < 4.78 is 10.7. The van der Waals surface area contributed by atoms with E-state index in [2.05, 4.69) is 10.6 Å². The number of rotatable bonds is 2. The molecule has 2 aliphatic heterocycles. The molecule has 1 fully saturated rings. The minimum atomic E-state index is 0.130. The summed E-state index contributed by atoms with van der Waals surface area (Å²) in [7, 11) is 0. The van der Waals surface area contributed by atoms with Crippen LogP contribution in [-0.2, 0) is 4.79 Å². The third-order valence-electron chi connectivity index (χ3n) is 3.57. The van der Waals surface area contributed by atoms with Gasteiger partial charge in [0, 0.05) is 37.9 Å². The van der Waals surface area contributed by atoms with Crippen molar-refractivity contribution in [3.05, 3.63) is 18.2 Å². The summed E-state index contributed by atoms with van der Waals surface area (Å²) in [6.07, 6.45) is 0. The van der Waals surface area contributed by atoms with Gasteiger partial charge in [-0.2, -0.15) is 0 Å². The van der Waals surface area contributed by atoms with Crippen LogP contribution in [0, 0.1) is 0 Å². The van der Waals surface area contributed by atoms with Gasteiger partial charge in [0.25, 0.3) is 5.91 Å². The van der Waals surface area contributed by atoms with Crippen LogP contribution in [0.5, 0.6) is 11.5 Å². The predicted octanol–water partition coefficient (Wildman–Crippen LogP) is -0.694. The van der Waals surface area contributed by atoms with Gasteiger partial charge in [0.1, 0.15) is 0 Å². The van der Waals surface area contributed by atoms with Crippen molar-refractivity contribution >= 4 is 11.6 Å². The maximum atomic E-state index is 11.6. The SMILES string of the molecule is [NH3+]CC(=O)N1CCN(c2ccc3c(c2)OCO3)CC1. The lowest BCUT2D eigenvalue weighted by Gasteiger charge is -2.35. The first-order chi connectivity index (χ1) is 9.28. The molecule has 1 aromatic carbocycles. The third kappa shape index (κ3) is 2.31. The lowest BCUT2D eigenvalue weighted by molar-refractivity contribution is -0.357. The lowest BCUT2D eigenvalue weighted by atomic mass is 10.2. The maximum absolute atomic E-state index is 11.6. The molecule has 0 spiro atoms. The number of amides is 1. The summed E-state index contributed by atoms with van der Waals surface area (Å²) in [6.45, 7) is 3.82. The van der Waals surface area contributed by atoms with Crippen molar-refractivity contribution in [2.24, 2.45) is 0 Å². The second-order valence-electron chi connectivity index (χ2n) is 4.66. The van der Waals surface area contributed by atoms with Crippen molar-refractivity contribution in [1.29, 1.82) is 0 Å². The minimum Gasteiger partial charge on any atom is -0.454 e. The summed E-state index contributed by atoms with van der Waals surface area (Å²) >= 11 is 0. The number of benzene rings is 1. The Balaban J connectivity index is 1.67. The summed E-state index contributed by atoms with van der Waals surface area (Å²) in [6, 6.07) is 5.97. The number of piperazine rings is 1. The number of ether oxygens (including phenoxy) is 2. The Morgan fingerprint density at radius 2 is 1.89 bits per heavy atom. The average Bonchev–Trinajstić information content (AvgIpc) is 2.94. The number of carbonyl (C=O) groups is 1. The molecule has 1 aromatic rings. The average molecular weight is 264 g/mol. The zero-order valence-electron chi connectivity index (χ0n) is 10.8. The highest BCUT2D eigenvalue weighted by Crippen LogP contribution is 2.35. The van der Waals surface area contributed by atoms with Crippen molar-refractivity contribution in [2.75, 3.05) is 44.4 Å². The van der Waals surface area contributed by atoms with Crippen LogP contribution in [0.15, 0.2) is 18.2 Å². The van der Waals surface area contributed by atoms with E-state index in [0.29, 0.717) is 13.3 Å². The summed E-state index contributed by atoms with van der Waals surface area (Å²) in [4.78, 5) is 15.7. The van der Waals surface area contributed by atoms with Gasteiger partial charge in [-0.05, 0) is 12.1 Å². The Bertz CT molecular complexity index is 484. The fourth-order valence-electron chi connectivity index (χ4n) is 2.45. The van der Waals surface area contributed by atoms with Gasteiger partial charge in [-0.15, -0.1) is 0 Å². The molecule has 3 rings (SSSR count). The molecule has 6 nitrogen and oxygen atoms in total. The van der Waals surface area contributed by atoms with Gasteiger partial charge in [-0.1, -0.05) is 0 Å². The molecule has 1 saturated heterocycles. The maximum Gasteiger partial charge on any atom is 0.277 e. The minimum absolute atomic E-state index is 0.130. The molecule has 0 radical (unpaired) electrons. The van der Waals surface area contributed by atoms with Gasteiger partial charge in [-0.25, -0.2) is 0 Å². The number of carbonyl (C=O) groups excluding carboxylic acids is 1. The number of anilines is 1. The molecular weight excluding hydrogens is 246 g/mol. The predicted molar refractivity (Wildman–Crippen MR) is 69.1 cm³/mol. The zero-order valence-corrected chi connectivity index (χ0v) is 10.8. The first kappa shape index (κ1) is 12.1.